The third-order valence-corrected chi connectivity index (χ3v) is 3.85. The highest BCUT2D eigenvalue weighted by Crippen LogP contribution is 2.23. The fraction of sp³-hybridized carbons (Fsp3) is 1.00. The minimum atomic E-state index is 0.386. The van der Waals surface area contributed by atoms with Gasteiger partial charge in [0.05, 0.1) is 0 Å². The van der Waals surface area contributed by atoms with Gasteiger partial charge in [-0.3, -0.25) is 0 Å². The molecule has 0 aromatic rings. The van der Waals surface area contributed by atoms with Crippen molar-refractivity contribution in [3.63, 3.8) is 0 Å². The number of hydrogen-bond donors (Lipinski definition) is 1. The topological polar surface area (TPSA) is 12.0 Å². The second-order valence-corrected chi connectivity index (χ2v) is 7.37. The van der Waals surface area contributed by atoms with Crippen molar-refractivity contribution in [3.05, 3.63) is 0 Å². The average molecular weight is 217 g/mol. The van der Waals surface area contributed by atoms with E-state index in [9.17, 15) is 0 Å². The van der Waals surface area contributed by atoms with E-state index in [0.29, 0.717) is 16.8 Å². The molecule has 0 aromatic carbocycles. The average Bonchev–Trinajstić information content (AvgIpc) is 1.99. The second-order valence-electron chi connectivity index (χ2n) is 5.52. The molecule has 0 amide bonds. The maximum absolute atomic E-state index is 3.63. The zero-order chi connectivity index (χ0) is 11.4. The van der Waals surface area contributed by atoms with Crippen LogP contribution in [0.3, 0.4) is 0 Å². The molecule has 1 nitrogen and oxygen atoms in total. The first-order valence-electron chi connectivity index (χ1n) is 5.62. The van der Waals surface area contributed by atoms with Gasteiger partial charge in [0.2, 0.25) is 0 Å². The Hall–Kier alpha value is 0.310. The van der Waals surface area contributed by atoms with Gasteiger partial charge in [0.15, 0.2) is 0 Å². The Bertz CT molecular complexity index is 149. The summed E-state index contributed by atoms with van der Waals surface area (Å²) in [7, 11) is 0. The highest BCUT2D eigenvalue weighted by molar-refractivity contribution is 8.00. The summed E-state index contributed by atoms with van der Waals surface area (Å²) in [5.74, 6) is 1.91. The van der Waals surface area contributed by atoms with Gasteiger partial charge in [-0.2, -0.15) is 11.8 Å². The van der Waals surface area contributed by atoms with Gasteiger partial charge in [-0.15, -0.1) is 0 Å². The molecule has 86 valence electrons. The van der Waals surface area contributed by atoms with Crippen LogP contribution in [0.2, 0.25) is 0 Å². The molecule has 0 bridgehead atoms. The zero-order valence-electron chi connectivity index (χ0n) is 10.8. The number of thioether (sulfide) groups is 1. The Labute approximate surface area is 94.4 Å². The zero-order valence-corrected chi connectivity index (χ0v) is 11.7. The largest absolute Gasteiger partial charge is 0.311 e. The van der Waals surface area contributed by atoms with Crippen molar-refractivity contribution in [1.82, 2.24) is 5.32 Å². The monoisotopic (exact) mass is 217 g/mol. The van der Waals surface area contributed by atoms with Crippen LogP contribution in [0.25, 0.3) is 0 Å². The van der Waals surface area contributed by atoms with E-state index in [1.54, 1.807) is 0 Å². The summed E-state index contributed by atoms with van der Waals surface area (Å²) in [6.07, 6.45) is 0. The Morgan fingerprint density at radius 1 is 1.07 bits per heavy atom. The van der Waals surface area contributed by atoms with Crippen LogP contribution in [-0.4, -0.2) is 22.6 Å². The van der Waals surface area contributed by atoms with Crippen molar-refractivity contribution in [3.8, 4) is 0 Å². The summed E-state index contributed by atoms with van der Waals surface area (Å²) in [6.45, 7) is 15.9. The quantitative estimate of drug-likeness (QED) is 0.756. The smallest absolute Gasteiger partial charge is 0.0132 e. The van der Waals surface area contributed by atoms with Crippen LogP contribution < -0.4 is 5.32 Å². The lowest BCUT2D eigenvalue weighted by molar-refractivity contribution is 0.398. The Kier molecular flexibility index (Phi) is 6.15. The van der Waals surface area contributed by atoms with Crippen molar-refractivity contribution < 1.29 is 0 Å². The molecule has 1 N–H and O–H groups in total. The summed E-state index contributed by atoms with van der Waals surface area (Å²) in [5.41, 5.74) is 0. The molecule has 2 heteroatoms. The summed E-state index contributed by atoms with van der Waals surface area (Å²) < 4.78 is 0.386. The molecule has 0 aliphatic rings. The number of nitrogens with one attached hydrogen (secondary N) is 1. The highest BCUT2D eigenvalue weighted by Gasteiger charge is 2.15. The number of hydrogen-bond acceptors (Lipinski definition) is 2. The van der Waals surface area contributed by atoms with E-state index in [1.807, 2.05) is 11.8 Å². The van der Waals surface area contributed by atoms with Crippen molar-refractivity contribution in [2.24, 2.45) is 5.92 Å². The molecule has 0 saturated heterocycles. The van der Waals surface area contributed by atoms with E-state index in [0.717, 1.165) is 5.92 Å². The van der Waals surface area contributed by atoms with Gasteiger partial charge in [0.1, 0.15) is 0 Å². The second kappa shape index (κ2) is 6.02. The molecule has 0 rings (SSSR count). The molecule has 0 aliphatic heterocycles. The normalized spacial score (nSPS) is 17.1. The Morgan fingerprint density at radius 3 is 1.93 bits per heavy atom. The molecule has 0 heterocycles. The maximum Gasteiger partial charge on any atom is 0.0132 e. The Balaban J connectivity index is 3.71. The van der Waals surface area contributed by atoms with Crippen LogP contribution in [-0.2, 0) is 0 Å². The molecule has 0 spiro atoms. The minimum Gasteiger partial charge on any atom is -0.311 e. The van der Waals surface area contributed by atoms with E-state index in [2.05, 4.69) is 53.8 Å². The van der Waals surface area contributed by atoms with Crippen molar-refractivity contribution >= 4 is 11.8 Å². The summed E-state index contributed by atoms with van der Waals surface area (Å²) in [6, 6.07) is 1.22. The van der Waals surface area contributed by atoms with E-state index in [1.165, 1.54) is 5.75 Å². The van der Waals surface area contributed by atoms with Gasteiger partial charge in [-0.1, -0.05) is 34.6 Å². The van der Waals surface area contributed by atoms with Crippen LogP contribution in [0.1, 0.15) is 48.5 Å². The fourth-order valence-electron chi connectivity index (χ4n) is 1.06. The standard InChI is InChI=1S/C12H27NS/c1-9(2)11(4)13-10(3)8-14-12(5,6)7/h9-11,13H,8H2,1-7H3. The molecule has 0 aliphatic carbocycles. The van der Waals surface area contributed by atoms with Gasteiger partial charge < -0.3 is 5.32 Å². The van der Waals surface area contributed by atoms with E-state index in [4.69, 9.17) is 0 Å². The summed E-state index contributed by atoms with van der Waals surface area (Å²) in [5, 5.41) is 3.63. The molecule has 2 atom stereocenters. The maximum atomic E-state index is 3.63. The van der Waals surface area contributed by atoms with E-state index in [-0.39, 0.29) is 0 Å². The van der Waals surface area contributed by atoms with E-state index >= 15 is 0 Å². The van der Waals surface area contributed by atoms with Gasteiger partial charge in [-0.25, -0.2) is 0 Å². The van der Waals surface area contributed by atoms with Gasteiger partial charge >= 0.3 is 0 Å². The lowest BCUT2D eigenvalue weighted by Crippen LogP contribution is -2.39. The first kappa shape index (κ1) is 14.3. The molecule has 0 radical (unpaired) electrons. The molecule has 0 saturated carbocycles. The minimum absolute atomic E-state index is 0.386. The molecule has 2 unspecified atom stereocenters. The Morgan fingerprint density at radius 2 is 1.57 bits per heavy atom. The SMILES string of the molecule is CC(CSC(C)(C)C)NC(C)C(C)C. The molecule has 0 fully saturated rings. The van der Waals surface area contributed by atoms with Crippen molar-refractivity contribution in [2.45, 2.75) is 65.3 Å². The molecule has 0 aromatic heterocycles. The van der Waals surface area contributed by atoms with Crippen LogP contribution in [0, 0.1) is 5.92 Å². The van der Waals surface area contributed by atoms with Crippen LogP contribution in [0.5, 0.6) is 0 Å². The molecular formula is C12H27NS. The first-order chi connectivity index (χ1) is 6.22. The summed E-state index contributed by atoms with van der Waals surface area (Å²) >= 11 is 2.03. The fourth-order valence-corrected chi connectivity index (χ4v) is 1.91. The van der Waals surface area contributed by atoms with Gasteiger partial charge in [0.25, 0.3) is 0 Å². The molecular weight excluding hydrogens is 190 g/mol. The predicted octanol–water partition coefficient (Wildman–Crippen LogP) is 3.54. The van der Waals surface area contributed by atoms with Crippen molar-refractivity contribution in [1.29, 1.82) is 0 Å². The first-order valence-corrected chi connectivity index (χ1v) is 6.61. The predicted molar refractivity (Wildman–Crippen MR) is 69.1 cm³/mol. The highest BCUT2D eigenvalue weighted by atomic mass is 32.2. The van der Waals surface area contributed by atoms with Gasteiger partial charge in [-0.05, 0) is 19.8 Å². The van der Waals surface area contributed by atoms with Crippen molar-refractivity contribution in [2.75, 3.05) is 5.75 Å². The summed E-state index contributed by atoms with van der Waals surface area (Å²) in [4.78, 5) is 0. The number of rotatable bonds is 5. The third kappa shape index (κ3) is 7.69. The van der Waals surface area contributed by atoms with Crippen LogP contribution >= 0.6 is 11.8 Å². The molecule has 14 heavy (non-hydrogen) atoms. The lowest BCUT2D eigenvalue weighted by atomic mass is 10.1. The lowest BCUT2D eigenvalue weighted by Gasteiger charge is -2.25. The van der Waals surface area contributed by atoms with E-state index < -0.39 is 0 Å². The third-order valence-electron chi connectivity index (χ3n) is 2.31. The van der Waals surface area contributed by atoms with Crippen LogP contribution in [0.15, 0.2) is 0 Å². The van der Waals surface area contributed by atoms with Gasteiger partial charge in [0, 0.05) is 22.6 Å². The van der Waals surface area contributed by atoms with Crippen LogP contribution in [0.4, 0.5) is 0 Å².